The van der Waals surface area contributed by atoms with E-state index in [9.17, 15) is 0 Å². The van der Waals surface area contributed by atoms with Crippen LogP contribution in [-0.2, 0) is 4.74 Å². The zero-order valence-corrected chi connectivity index (χ0v) is 18.0. The number of aliphatic imine (C=N–C) groups is 1. The van der Waals surface area contributed by atoms with Crippen LogP contribution in [-0.4, -0.2) is 57.3 Å². The van der Waals surface area contributed by atoms with E-state index in [2.05, 4.69) is 64.0 Å². The van der Waals surface area contributed by atoms with Crippen LogP contribution in [0.3, 0.4) is 0 Å². The van der Waals surface area contributed by atoms with E-state index in [1.807, 2.05) is 29.7 Å². The first-order valence-corrected chi connectivity index (χ1v) is 11.2. The minimum absolute atomic E-state index is 0.348. The van der Waals surface area contributed by atoms with Gasteiger partial charge in [0.15, 0.2) is 5.96 Å². The Labute approximate surface area is 170 Å². The van der Waals surface area contributed by atoms with Gasteiger partial charge in [0, 0.05) is 53.8 Å². The predicted octanol–water partition coefficient (Wildman–Crippen LogP) is 3.46. The molecule has 0 bridgehead atoms. The summed E-state index contributed by atoms with van der Waals surface area (Å²) in [5.74, 6) is 1.34. The van der Waals surface area contributed by atoms with Crippen LogP contribution in [0.2, 0.25) is 0 Å². The lowest BCUT2D eigenvalue weighted by atomic mass is 10.1. The molecule has 2 atom stereocenters. The van der Waals surface area contributed by atoms with Crippen molar-refractivity contribution >= 4 is 28.6 Å². The van der Waals surface area contributed by atoms with E-state index in [0.29, 0.717) is 12.0 Å². The maximum atomic E-state index is 5.54. The first-order valence-electron chi connectivity index (χ1n) is 9.53. The Morgan fingerprint density at radius 2 is 1.96 bits per heavy atom. The molecule has 1 aliphatic heterocycles. The van der Waals surface area contributed by atoms with Crippen LogP contribution in [0.5, 0.6) is 0 Å². The van der Waals surface area contributed by atoms with Gasteiger partial charge in [-0.1, -0.05) is 13.0 Å². The number of ether oxygens (including phenoxy) is 1. The third-order valence-corrected chi connectivity index (χ3v) is 7.07. The van der Waals surface area contributed by atoms with Crippen LogP contribution in [0.25, 0.3) is 0 Å². The van der Waals surface area contributed by atoms with Gasteiger partial charge in [0.2, 0.25) is 0 Å². The lowest BCUT2D eigenvalue weighted by Crippen LogP contribution is -2.46. The standard InChI is InChI=1S/C20H30N4OS2/c1-15(18-5-4-12-26-18)13-22-20(21-3)23-14-17(19-7-6-16(2)27-19)24-8-10-25-11-9-24/h4-7,12,15,17H,8-11,13-14H2,1-3H3,(H2,21,22,23). The highest BCUT2D eigenvalue weighted by atomic mass is 32.1. The number of aryl methyl sites for hydroxylation is 1. The number of morpholine rings is 1. The predicted molar refractivity (Wildman–Crippen MR) is 116 cm³/mol. The zero-order chi connectivity index (χ0) is 19.1. The van der Waals surface area contributed by atoms with Gasteiger partial charge in [0.25, 0.3) is 0 Å². The molecule has 1 aliphatic rings. The van der Waals surface area contributed by atoms with Gasteiger partial charge in [-0.25, -0.2) is 0 Å². The summed E-state index contributed by atoms with van der Waals surface area (Å²) in [4.78, 5) is 11.1. The van der Waals surface area contributed by atoms with Gasteiger partial charge < -0.3 is 15.4 Å². The summed E-state index contributed by atoms with van der Waals surface area (Å²) >= 11 is 3.69. The molecule has 2 unspecified atom stereocenters. The quantitative estimate of drug-likeness (QED) is 0.546. The monoisotopic (exact) mass is 406 g/mol. The van der Waals surface area contributed by atoms with Crippen molar-refractivity contribution in [3.8, 4) is 0 Å². The Morgan fingerprint density at radius 3 is 2.59 bits per heavy atom. The molecule has 2 aromatic rings. The second-order valence-corrected chi connectivity index (χ2v) is 9.16. The van der Waals surface area contributed by atoms with Crippen LogP contribution in [0, 0.1) is 6.92 Å². The Bertz CT molecular complexity index is 707. The van der Waals surface area contributed by atoms with Gasteiger partial charge in [-0.05, 0) is 30.5 Å². The summed E-state index contributed by atoms with van der Waals surface area (Å²) in [6, 6.07) is 9.13. The second kappa shape index (κ2) is 10.2. The largest absolute Gasteiger partial charge is 0.379 e. The first-order chi connectivity index (χ1) is 13.2. The van der Waals surface area contributed by atoms with E-state index in [0.717, 1.165) is 45.4 Å². The maximum absolute atomic E-state index is 5.54. The molecule has 0 aliphatic carbocycles. The minimum atomic E-state index is 0.348. The van der Waals surface area contributed by atoms with Gasteiger partial charge in [-0.15, -0.1) is 22.7 Å². The molecule has 3 rings (SSSR count). The number of nitrogens with one attached hydrogen (secondary N) is 2. The topological polar surface area (TPSA) is 48.9 Å². The Morgan fingerprint density at radius 1 is 1.19 bits per heavy atom. The Balaban J connectivity index is 1.57. The average molecular weight is 407 g/mol. The van der Waals surface area contributed by atoms with E-state index in [-0.39, 0.29) is 0 Å². The second-order valence-electron chi connectivity index (χ2n) is 6.86. The van der Waals surface area contributed by atoms with Crippen molar-refractivity contribution in [1.82, 2.24) is 15.5 Å². The fourth-order valence-corrected chi connectivity index (χ4v) is 5.07. The molecular formula is C20H30N4OS2. The molecule has 1 saturated heterocycles. The van der Waals surface area contributed by atoms with Crippen LogP contribution < -0.4 is 10.6 Å². The number of hydrogen-bond donors (Lipinski definition) is 2. The lowest BCUT2D eigenvalue weighted by molar-refractivity contribution is 0.0177. The smallest absolute Gasteiger partial charge is 0.191 e. The normalized spacial score (nSPS) is 18.3. The lowest BCUT2D eigenvalue weighted by Gasteiger charge is -2.34. The Hall–Kier alpha value is -1.41. The number of nitrogens with zero attached hydrogens (tertiary/aromatic N) is 2. The van der Waals surface area contributed by atoms with Gasteiger partial charge in [0.1, 0.15) is 0 Å². The van der Waals surface area contributed by atoms with E-state index >= 15 is 0 Å². The molecule has 148 valence electrons. The van der Waals surface area contributed by atoms with Gasteiger partial charge in [-0.2, -0.15) is 0 Å². The zero-order valence-electron chi connectivity index (χ0n) is 16.4. The highest BCUT2D eigenvalue weighted by molar-refractivity contribution is 7.12. The van der Waals surface area contributed by atoms with E-state index in [1.54, 1.807) is 0 Å². The number of guanidine groups is 1. The molecule has 5 nitrogen and oxygen atoms in total. The molecule has 0 amide bonds. The van der Waals surface area contributed by atoms with Gasteiger partial charge in [0.05, 0.1) is 19.3 Å². The van der Waals surface area contributed by atoms with Crippen LogP contribution in [0.15, 0.2) is 34.6 Å². The molecule has 0 aromatic carbocycles. The molecule has 1 fully saturated rings. The van der Waals surface area contributed by atoms with Crippen molar-refractivity contribution in [2.75, 3.05) is 46.4 Å². The number of rotatable bonds is 7. The molecule has 2 aromatic heterocycles. The number of thiophene rings is 2. The maximum Gasteiger partial charge on any atom is 0.191 e. The SMILES string of the molecule is CN=C(NCC(C)c1cccs1)NCC(c1ccc(C)s1)N1CCOCC1. The first kappa shape index (κ1) is 20.3. The molecule has 0 saturated carbocycles. The summed E-state index contributed by atoms with van der Waals surface area (Å²) in [6.45, 7) is 9.71. The molecule has 27 heavy (non-hydrogen) atoms. The summed E-state index contributed by atoms with van der Waals surface area (Å²) < 4.78 is 5.54. The summed E-state index contributed by atoms with van der Waals surface area (Å²) in [7, 11) is 1.84. The number of hydrogen-bond acceptors (Lipinski definition) is 5. The minimum Gasteiger partial charge on any atom is -0.379 e. The van der Waals surface area contributed by atoms with Crippen molar-refractivity contribution in [2.45, 2.75) is 25.8 Å². The van der Waals surface area contributed by atoms with E-state index in [1.165, 1.54) is 14.6 Å². The average Bonchev–Trinajstić information content (AvgIpc) is 3.37. The summed E-state index contributed by atoms with van der Waals surface area (Å²) in [6.07, 6.45) is 0. The van der Waals surface area contributed by atoms with Crippen molar-refractivity contribution < 1.29 is 4.74 Å². The van der Waals surface area contributed by atoms with E-state index < -0.39 is 0 Å². The molecule has 7 heteroatoms. The molecule has 0 radical (unpaired) electrons. The van der Waals surface area contributed by atoms with Crippen LogP contribution in [0.1, 0.15) is 33.5 Å². The van der Waals surface area contributed by atoms with Gasteiger partial charge in [-0.3, -0.25) is 9.89 Å². The summed E-state index contributed by atoms with van der Waals surface area (Å²) in [5, 5.41) is 9.15. The van der Waals surface area contributed by atoms with Crippen molar-refractivity contribution in [3.63, 3.8) is 0 Å². The van der Waals surface area contributed by atoms with Crippen LogP contribution >= 0.6 is 22.7 Å². The third-order valence-electron chi connectivity index (χ3n) is 4.87. The molecular weight excluding hydrogens is 376 g/mol. The molecule has 3 heterocycles. The van der Waals surface area contributed by atoms with E-state index in [4.69, 9.17) is 4.74 Å². The third kappa shape index (κ3) is 5.78. The van der Waals surface area contributed by atoms with Gasteiger partial charge >= 0.3 is 0 Å². The van der Waals surface area contributed by atoms with Crippen LogP contribution in [0.4, 0.5) is 0 Å². The van der Waals surface area contributed by atoms with Crippen molar-refractivity contribution in [1.29, 1.82) is 0 Å². The highest BCUT2D eigenvalue weighted by Crippen LogP contribution is 2.28. The van der Waals surface area contributed by atoms with Crippen molar-refractivity contribution in [3.05, 3.63) is 44.3 Å². The fourth-order valence-electron chi connectivity index (χ4n) is 3.27. The Kier molecular flexibility index (Phi) is 7.70. The molecule has 2 N–H and O–H groups in total. The fraction of sp³-hybridized carbons (Fsp3) is 0.550. The molecule has 0 spiro atoms. The van der Waals surface area contributed by atoms with Crippen molar-refractivity contribution in [2.24, 2.45) is 4.99 Å². The highest BCUT2D eigenvalue weighted by Gasteiger charge is 2.24. The summed E-state index contributed by atoms with van der Waals surface area (Å²) in [5.41, 5.74) is 0.